The summed E-state index contributed by atoms with van der Waals surface area (Å²) in [6.45, 7) is 0. The zero-order valence-electron chi connectivity index (χ0n) is 30.4. The van der Waals surface area contributed by atoms with E-state index in [0.717, 1.165) is 72.6 Å². The van der Waals surface area contributed by atoms with Crippen LogP contribution >= 0.6 is 0 Å². The topological polar surface area (TPSA) is 55.4 Å². The molecule has 6 heteroatoms. The second-order valence-electron chi connectivity index (χ2n) is 12.7. The van der Waals surface area contributed by atoms with E-state index >= 15 is 0 Å². The van der Waals surface area contributed by atoms with E-state index in [1.165, 1.54) is 22.3 Å². The van der Waals surface area contributed by atoms with Crippen LogP contribution in [0.15, 0.2) is 133 Å². The molecule has 6 rings (SSSR count). The molecule has 0 atom stereocenters. The summed E-state index contributed by atoms with van der Waals surface area (Å²) in [6, 6.07) is 45.2. The molecule has 0 radical (unpaired) electrons. The van der Waals surface area contributed by atoms with Gasteiger partial charge in [-0.05, 0) is 145 Å². The Morgan fingerprint density at radius 3 is 0.923 bits per heavy atom. The Balaban J connectivity index is 1.09. The molecule has 0 aliphatic rings. The molecule has 0 fully saturated rings. The van der Waals surface area contributed by atoms with Crippen molar-refractivity contribution in [3.8, 4) is 46.0 Å². The summed E-state index contributed by atoms with van der Waals surface area (Å²) in [6.07, 6.45) is 5.23. The number of aryl methyl sites for hydroxylation is 6. The quantitative estimate of drug-likeness (QED) is 0.0947. The first-order valence-corrected chi connectivity index (χ1v) is 17.6. The average Bonchev–Trinajstić information content (AvgIpc) is 3.19. The van der Waals surface area contributed by atoms with Crippen LogP contribution in [0, 0.1) is 0 Å². The van der Waals surface area contributed by atoms with Gasteiger partial charge in [-0.25, -0.2) is 0 Å². The molecule has 6 aromatic rings. The van der Waals surface area contributed by atoms with Crippen molar-refractivity contribution in [1.82, 2.24) is 0 Å². The van der Waals surface area contributed by atoms with Gasteiger partial charge in [-0.2, -0.15) is 0 Å². The Morgan fingerprint density at radius 1 is 0.288 bits per heavy atom. The number of ether oxygens (including phenoxy) is 6. The predicted octanol–water partition coefficient (Wildman–Crippen LogP) is 10.7. The van der Waals surface area contributed by atoms with Gasteiger partial charge < -0.3 is 28.4 Å². The summed E-state index contributed by atoms with van der Waals surface area (Å²) in [5.74, 6) is 6.07. The standard InChI is InChI=1S/C46H46O6/c1-47-39-13-5-9-33(27-39)17-19-35-11-7-15-41(29-35)51-45-31-37(23-25-43(45)49-3)21-22-38-24-26-44(50-4)46(32-38)52-42-16-8-12-36(30-42)20-18-34-10-6-14-40(28-34)48-2/h5-16,23-32H,17-22H2,1-4H3. The minimum atomic E-state index is 0.690. The Labute approximate surface area is 307 Å². The lowest BCUT2D eigenvalue weighted by atomic mass is 10.0. The van der Waals surface area contributed by atoms with Crippen molar-refractivity contribution in [2.75, 3.05) is 28.4 Å². The van der Waals surface area contributed by atoms with Gasteiger partial charge in [0.15, 0.2) is 23.0 Å². The van der Waals surface area contributed by atoms with Gasteiger partial charge in [-0.3, -0.25) is 0 Å². The molecular weight excluding hydrogens is 649 g/mol. The van der Waals surface area contributed by atoms with Crippen molar-refractivity contribution in [3.05, 3.63) is 167 Å². The molecule has 52 heavy (non-hydrogen) atoms. The molecule has 0 bridgehead atoms. The molecule has 0 aromatic heterocycles. The zero-order chi connectivity index (χ0) is 36.1. The first-order valence-electron chi connectivity index (χ1n) is 17.6. The van der Waals surface area contributed by atoms with Crippen LogP contribution in [0.3, 0.4) is 0 Å². The second kappa shape index (κ2) is 17.9. The summed E-state index contributed by atoms with van der Waals surface area (Å²) in [4.78, 5) is 0. The van der Waals surface area contributed by atoms with Gasteiger partial charge in [0.2, 0.25) is 0 Å². The van der Waals surface area contributed by atoms with Crippen molar-refractivity contribution < 1.29 is 28.4 Å². The van der Waals surface area contributed by atoms with E-state index in [0.29, 0.717) is 23.0 Å². The molecule has 266 valence electrons. The first-order chi connectivity index (χ1) is 25.5. The van der Waals surface area contributed by atoms with Gasteiger partial charge in [0.25, 0.3) is 0 Å². The maximum Gasteiger partial charge on any atom is 0.169 e. The van der Waals surface area contributed by atoms with E-state index < -0.39 is 0 Å². The van der Waals surface area contributed by atoms with E-state index in [4.69, 9.17) is 28.4 Å². The second-order valence-corrected chi connectivity index (χ2v) is 12.7. The molecule has 0 amide bonds. The van der Waals surface area contributed by atoms with Gasteiger partial charge in [0.05, 0.1) is 28.4 Å². The highest BCUT2D eigenvalue weighted by atomic mass is 16.5. The molecule has 6 nitrogen and oxygen atoms in total. The monoisotopic (exact) mass is 694 g/mol. The van der Waals surface area contributed by atoms with E-state index in [1.807, 2.05) is 60.7 Å². The largest absolute Gasteiger partial charge is 0.497 e. The van der Waals surface area contributed by atoms with Crippen molar-refractivity contribution in [1.29, 1.82) is 0 Å². The van der Waals surface area contributed by atoms with Gasteiger partial charge in [-0.1, -0.05) is 60.7 Å². The van der Waals surface area contributed by atoms with Gasteiger partial charge in [0, 0.05) is 0 Å². The van der Waals surface area contributed by atoms with Crippen molar-refractivity contribution in [2.24, 2.45) is 0 Å². The molecule has 0 spiro atoms. The number of methoxy groups -OCH3 is 4. The lowest BCUT2D eigenvalue weighted by Gasteiger charge is -2.14. The fourth-order valence-electron chi connectivity index (χ4n) is 6.22. The third kappa shape index (κ3) is 9.88. The highest BCUT2D eigenvalue weighted by Crippen LogP contribution is 2.35. The molecule has 0 N–H and O–H groups in total. The number of benzene rings is 6. The lowest BCUT2D eigenvalue weighted by molar-refractivity contribution is 0.378. The molecule has 0 heterocycles. The predicted molar refractivity (Wildman–Crippen MR) is 207 cm³/mol. The normalized spacial score (nSPS) is 10.8. The van der Waals surface area contributed by atoms with Crippen LogP contribution < -0.4 is 28.4 Å². The molecule has 0 aliphatic heterocycles. The minimum absolute atomic E-state index is 0.690. The molecule has 0 saturated heterocycles. The summed E-state index contributed by atoms with van der Waals surface area (Å²) in [5.41, 5.74) is 7.17. The Hall–Kier alpha value is -5.88. The van der Waals surface area contributed by atoms with E-state index in [-0.39, 0.29) is 0 Å². The van der Waals surface area contributed by atoms with Crippen LogP contribution in [0.4, 0.5) is 0 Å². The van der Waals surface area contributed by atoms with Gasteiger partial charge >= 0.3 is 0 Å². The highest BCUT2D eigenvalue weighted by molar-refractivity contribution is 5.48. The third-order valence-corrected chi connectivity index (χ3v) is 9.08. The zero-order valence-corrected chi connectivity index (χ0v) is 30.4. The Bertz CT molecular complexity index is 1920. The van der Waals surface area contributed by atoms with E-state index in [1.54, 1.807) is 28.4 Å². The van der Waals surface area contributed by atoms with Crippen LogP contribution in [-0.4, -0.2) is 28.4 Å². The highest BCUT2D eigenvalue weighted by Gasteiger charge is 2.12. The Kier molecular flexibility index (Phi) is 12.3. The average molecular weight is 695 g/mol. The molecule has 6 aromatic carbocycles. The van der Waals surface area contributed by atoms with Gasteiger partial charge in [-0.15, -0.1) is 0 Å². The summed E-state index contributed by atoms with van der Waals surface area (Å²) in [7, 11) is 6.73. The summed E-state index contributed by atoms with van der Waals surface area (Å²) in [5, 5.41) is 0. The number of rotatable bonds is 17. The van der Waals surface area contributed by atoms with E-state index in [9.17, 15) is 0 Å². The third-order valence-electron chi connectivity index (χ3n) is 9.08. The van der Waals surface area contributed by atoms with Crippen molar-refractivity contribution in [2.45, 2.75) is 38.5 Å². The molecule has 0 aliphatic carbocycles. The van der Waals surface area contributed by atoms with Crippen molar-refractivity contribution in [3.63, 3.8) is 0 Å². The summed E-state index contributed by atoms with van der Waals surface area (Å²) >= 11 is 0. The molecule has 0 saturated carbocycles. The van der Waals surface area contributed by atoms with Crippen LogP contribution in [-0.2, 0) is 38.5 Å². The van der Waals surface area contributed by atoms with Crippen LogP contribution in [0.5, 0.6) is 46.0 Å². The van der Waals surface area contributed by atoms with Crippen LogP contribution in [0.25, 0.3) is 0 Å². The summed E-state index contributed by atoms with van der Waals surface area (Å²) < 4.78 is 34.9. The molecular formula is C46H46O6. The van der Waals surface area contributed by atoms with Crippen LogP contribution in [0.2, 0.25) is 0 Å². The number of hydrogen-bond donors (Lipinski definition) is 0. The maximum absolute atomic E-state index is 6.41. The number of hydrogen-bond acceptors (Lipinski definition) is 6. The van der Waals surface area contributed by atoms with Crippen molar-refractivity contribution >= 4 is 0 Å². The fraction of sp³-hybridized carbons (Fsp3) is 0.217. The van der Waals surface area contributed by atoms with Gasteiger partial charge in [0.1, 0.15) is 23.0 Å². The smallest absolute Gasteiger partial charge is 0.169 e. The lowest BCUT2D eigenvalue weighted by Crippen LogP contribution is -1.97. The minimum Gasteiger partial charge on any atom is -0.497 e. The Morgan fingerprint density at radius 2 is 0.596 bits per heavy atom. The fourth-order valence-corrected chi connectivity index (χ4v) is 6.22. The SMILES string of the molecule is COc1cccc(CCc2cccc(Oc3cc(CCc4ccc(OC)c(Oc5cccc(CCc6cccc(OC)c6)c5)c4)ccc3OC)c2)c1. The van der Waals surface area contributed by atoms with E-state index in [2.05, 4.69) is 72.8 Å². The maximum atomic E-state index is 6.41. The first kappa shape index (κ1) is 35.9. The van der Waals surface area contributed by atoms with Crippen LogP contribution in [0.1, 0.15) is 33.4 Å². The molecule has 0 unspecified atom stereocenters.